The van der Waals surface area contributed by atoms with E-state index in [4.69, 9.17) is 0 Å². The highest BCUT2D eigenvalue weighted by Crippen LogP contribution is 2.20. The number of aromatic nitrogens is 3. The van der Waals surface area contributed by atoms with Crippen LogP contribution in [0, 0.1) is 0 Å². The molecule has 0 bridgehead atoms. The van der Waals surface area contributed by atoms with Gasteiger partial charge in [-0.05, 0) is 29.8 Å². The first-order valence-electron chi connectivity index (χ1n) is 6.61. The van der Waals surface area contributed by atoms with E-state index in [2.05, 4.69) is 25.6 Å². The Kier molecular flexibility index (Phi) is 4.35. The van der Waals surface area contributed by atoms with Gasteiger partial charge in [0, 0.05) is 30.5 Å². The van der Waals surface area contributed by atoms with Crippen molar-refractivity contribution in [3.63, 3.8) is 0 Å². The molecule has 0 aliphatic carbocycles. The molecule has 3 rings (SSSR count). The van der Waals surface area contributed by atoms with Crippen LogP contribution in [0.25, 0.3) is 0 Å². The van der Waals surface area contributed by atoms with E-state index in [1.54, 1.807) is 30.2 Å². The van der Waals surface area contributed by atoms with Crippen LogP contribution in [-0.4, -0.2) is 20.9 Å². The monoisotopic (exact) mass is 311 g/mol. The summed E-state index contributed by atoms with van der Waals surface area (Å²) in [7, 11) is 0. The van der Waals surface area contributed by atoms with Gasteiger partial charge in [-0.3, -0.25) is 14.8 Å². The maximum absolute atomic E-state index is 12.1. The molecule has 3 heterocycles. The second kappa shape index (κ2) is 6.77. The van der Waals surface area contributed by atoms with Crippen molar-refractivity contribution in [3.05, 3.63) is 65.7 Å². The Morgan fingerprint density at radius 2 is 2.00 bits per heavy atom. The third kappa shape index (κ3) is 3.64. The van der Waals surface area contributed by atoms with E-state index in [0.717, 1.165) is 11.3 Å². The Bertz CT molecular complexity index is 745. The summed E-state index contributed by atoms with van der Waals surface area (Å²) in [5, 5.41) is 8.32. The summed E-state index contributed by atoms with van der Waals surface area (Å²) in [4.78, 5) is 24.3. The molecule has 3 aromatic rings. The molecule has 0 saturated heterocycles. The minimum Gasteiger partial charge on any atom is -0.347 e. The van der Waals surface area contributed by atoms with Crippen LogP contribution < -0.4 is 10.6 Å². The molecule has 0 unspecified atom stereocenters. The van der Waals surface area contributed by atoms with Crippen LogP contribution in [0.1, 0.15) is 16.1 Å². The molecule has 0 fully saturated rings. The van der Waals surface area contributed by atoms with E-state index in [-0.39, 0.29) is 5.91 Å². The zero-order chi connectivity index (χ0) is 15.2. The van der Waals surface area contributed by atoms with Gasteiger partial charge in [-0.1, -0.05) is 0 Å². The number of hydrogen-bond acceptors (Lipinski definition) is 6. The molecule has 110 valence electrons. The second-order valence-electron chi connectivity index (χ2n) is 4.44. The van der Waals surface area contributed by atoms with Gasteiger partial charge in [0.2, 0.25) is 0 Å². The first-order chi connectivity index (χ1) is 10.8. The Hall–Kier alpha value is -2.80. The standard InChI is InChI=1S/C15H13N5OS/c21-14(18-8-11-3-6-16-7-4-11)13-10-22-15(20-13)19-12-2-1-5-17-9-12/h1-7,9-10H,8H2,(H,18,21)(H,19,20). The number of hydrogen-bond donors (Lipinski definition) is 2. The van der Waals surface area contributed by atoms with Gasteiger partial charge in [0.1, 0.15) is 5.69 Å². The zero-order valence-corrected chi connectivity index (χ0v) is 12.4. The molecule has 0 aliphatic heterocycles. The smallest absolute Gasteiger partial charge is 0.271 e. The van der Waals surface area contributed by atoms with Gasteiger partial charge in [-0.25, -0.2) is 4.98 Å². The molecule has 22 heavy (non-hydrogen) atoms. The highest BCUT2D eigenvalue weighted by molar-refractivity contribution is 7.14. The highest BCUT2D eigenvalue weighted by atomic mass is 32.1. The van der Waals surface area contributed by atoms with Gasteiger partial charge in [0.15, 0.2) is 5.13 Å². The van der Waals surface area contributed by atoms with Crippen molar-refractivity contribution in [1.29, 1.82) is 0 Å². The molecular weight excluding hydrogens is 298 g/mol. The van der Waals surface area contributed by atoms with E-state index >= 15 is 0 Å². The van der Waals surface area contributed by atoms with Crippen LogP contribution >= 0.6 is 11.3 Å². The number of thiazole rings is 1. The molecule has 0 atom stereocenters. The fourth-order valence-corrected chi connectivity index (χ4v) is 2.48. The Morgan fingerprint density at radius 1 is 1.14 bits per heavy atom. The van der Waals surface area contributed by atoms with Gasteiger partial charge in [-0.2, -0.15) is 0 Å². The molecule has 7 heteroatoms. The van der Waals surface area contributed by atoms with E-state index in [0.29, 0.717) is 17.4 Å². The molecule has 0 radical (unpaired) electrons. The molecule has 6 nitrogen and oxygen atoms in total. The Morgan fingerprint density at radius 3 is 2.77 bits per heavy atom. The summed E-state index contributed by atoms with van der Waals surface area (Å²) in [6.45, 7) is 0.449. The van der Waals surface area contributed by atoms with E-state index in [1.807, 2.05) is 24.3 Å². The minimum absolute atomic E-state index is 0.202. The summed E-state index contributed by atoms with van der Waals surface area (Å²) in [5.74, 6) is -0.202. The van der Waals surface area contributed by atoms with E-state index in [1.165, 1.54) is 11.3 Å². The molecular formula is C15H13N5OS. The average molecular weight is 311 g/mol. The number of pyridine rings is 2. The van der Waals surface area contributed by atoms with Crippen molar-refractivity contribution in [1.82, 2.24) is 20.3 Å². The summed E-state index contributed by atoms with van der Waals surface area (Å²) >= 11 is 1.37. The molecule has 0 spiro atoms. The molecule has 3 aromatic heterocycles. The van der Waals surface area contributed by atoms with Crippen molar-refractivity contribution in [3.8, 4) is 0 Å². The summed E-state index contributed by atoms with van der Waals surface area (Å²) in [6, 6.07) is 7.43. The predicted molar refractivity (Wildman–Crippen MR) is 85.0 cm³/mol. The van der Waals surface area contributed by atoms with Gasteiger partial charge >= 0.3 is 0 Å². The molecule has 0 aromatic carbocycles. The van der Waals surface area contributed by atoms with Crippen LogP contribution in [0.15, 0.2) is 54.4 Å². The second-order valence-corrected chi connectivity index (χ2v) is 5.30. The third-order valence-electron chi connectivity index (χ3n) is 2.85. The summed E-state index contributed by atoms with van der Waals surface area (Å²) in [5.41, 5.74) is 2.22. The SMILES string of the molecule is O=C(NCc1ccncc1)c1csc(Nc2cccnc2)n1. The molecule has 0 saturated carbocycles. The van der Waals surface area contributed by atoms with Crippen LogP contribution in [0.4, 0.5) is 10.8 Å². The van der Waals surface area contributed by atoms with Crippen molar-refractivity contribution in [2.75, 3.05) is 5.32 Å². The number of carbonyl (C=O) groups excluding carboxylic acids is 1. The predicted octanol–water partition coefficient (Wildman–Crippen LogP) is 2.61. The number of rotatable bonds is 5. The van der Waals surface area contributed by atoms with Crippen LogP contribution in [-0.2, 0) is 6.54 Å². The van der Waals surface area contributed by atoms with Crippen molar-refractivity contribution in [2.45, 2.75) is 6.54 Å². The summed E-state index contributed by atoms with van der Waals surface area (Å²) in [6.07, 6.45) is 6.79. The first-order valence-corrected chi connectivity index (χ1v) is 7.49. The normalized spacial score (nSPS) is 10.2. The maximum atomic E-state index is 12.1. The number of anilines is 2. The first kappa shape index (κ1) is 14.2. The zero-order valence-electron chi connectivity index (χ0n) is 11.6. The van der Waals surface area contributed by atoms with Crippen molar-refractivity contribution < 1.29 is 4.79 Å². The largest absolute Gasteiger partial charge is 0.347 e. The van der Waals surface area contributed by atoms with Gasteiger partial charge < -0.3 is 10.6 Å². The lowest BCUT2D eigenvalue weighted by Gasteiger charge is -2.03. The highest BCUT2D eigenvalue weighted by Gasteiger charge is 2.10. The molecule has 0 aliphatic rings. The summed E-state index contributed by atoms with van der Waals surface area (Å²) < 4.78 is 0. The average Bonchev–Trinajstić information content (AvgIpc) is 3.03. The van der Waals surface area contributed by atoms with Gasteiger partial charge in [-0.15, -0.1) is 11.3 Å². The van der Waals surface area contributed by atoms with Gasteiger partial charge in [0.25, 0.3) is 5.91 Å². The van der Waals surface area contributed by atoms with Crippen LogP contribution in [0.3, 0.4) is 0 Å². The van der Waals surface area contributed by atoms with Crippen LogP contribution in [0.2, 0.25) is 0 Å². The quantitative estimate of drug-likeness (QED) is 0.757. The Labute approximate surface area is 131 Å². The lowest BCUT2D eigenvalue weighted by molar-refractivity contribution is 0.0946. The lowest BCUT2D eigenvalue weighted by Crippen LogP contribution is -2.23. The Balaban J connectivity index is 1.60. The van der Waals surface area contributed by atoms with Gasteiger partial charge in [0.05, 0.1) is 11.9 Å². The van der Waals surface area contributed by atoms with Crippen molar-refractivity contribution in [2.24, 2.45) is 0 Å². The molecule has 2 N–H and O–H groups in total. The minimum atomic E-state index is -0.202. The van der Waals surface area contributed by atoms with E-state index < -0.39 is 0 Å². The maximum Gasteiger partial charge on any atom is 0.271 e. The third-order valence-corrected chi connectivity index (χ3v) is 3.61. The van der Waals surface area contributed by atoms with E-state index in [9.17, 15) is 4.79 Å². The fraction of sp³-hybridized carbons (Fsp3) is 0.0667. The topological polar surface area (TPSA) is 79.8 Å². The molecule has 1 amide bonds. The fourth-order valence-electron chi connectivity index (χ4n) is 1.77. The number of nitrogens with zero attached hydrogens (tertiary/aromatic N) is 3. The number of nitrogens with one attached hydrogen (secondary N) is 2. The number of carbonyl (C=O) groups is 1. The van der Waals surface area contributed by atoms with Crippen molar-refractivity contribution >= 4 is 28.1 Å². The van der Waals surface area contributed by atoms with Crippen LogP contribution in [0.5, 0.6) is 0 Å². The number of amides is 1. The lowest BCUT2D eigenvalue weighted by atomic mass is 10.2.